The number of nitrogens with one attached hydrogen (secondary N) is 3. The molecule has 2 amide bonds. The van der Waals surface area contributed by atoms with Crippen LogP contribution in [0, 0.1) is 11.7 Å². The van der Waals surface area contributed by atoms with Gasteiger partial charge in [-0.1, -0.05) is 0 Å². The quantitative estimate of drug-likeness (QED) is 0.295. The van der Waals surface area contributed by atoms with Gasteiger partial charge in [0.1, 0.15) is 23.5 Å². The molecule has 6 aliphatic rings. The predicted molar refractivity (Wildman–Crippen MR) is 193 cm³/mol. The van der Waals surface area contributed by atoms with E-state index in [0.717, 1.165) is 65.0 Å². The van der Waals surface area contributed by atoms with E-state index in [9.17, 15) is 18.8 Å². The number of hydrogen-bond acceptors (Lipinski definition) is 10. The van der Waals surface area contributed by atoms with E-state index in [1.165, 1.54) is 25.0 Å². The number of ether oxygens (including phenoxy) is 1. The Balaban J connectivity index is 0.748. The highest BCUT2D eigenvalue weighted by Crippen LogP contribution is 2.34. The average molecular weight is 724 g/mol. The lowest BCUT2D eigenvalue weighted by Crippen LogP contribution is -2.64. The van der Waals surface area contributed by atoms with Gasteiger partial charge in [-0.2, -0.15) is 11.8 Å². The monoisotopic (exact) mass is 723 g/mol. The Bertz CT molecular complexity index is 1710. The Morgan fingerprint density at radius 3 is 2.45 bits per heavy atom. The van der Waals surface area contributed by atoms with Crippen molar-refractivity contribution in [3.63, 3.8) is 0 Å². The molecule has 5 fully saturated rings. The molecule has 0 spiro atoms. The van der Waals surface area contributed by atoms with Crippen LogP contribution in [0.1, 0.15) is 68.4 Å². The number of carbonyl (C=O) groups is 2. The summed E-state index contributed by atoms with van der Waals surface area (Å²) in [6, 6.07) is 5.59. The zero-order valence-corrected chi connectivity index (χ0v) is 29.7. The van der Waals surface area contributed by atoms with Crippen molar-refractivity contribution in [1.82, 2.24) is 25.1 Å². The maximum absolute atomic E-state index is 15.2. The van der Waals surface area contributed by atoms with Crippen molar-refractivity contribution in [2.24, 2.45) is 5.92 Å². The van der Waals surface area contributed by atoms with Crippen molar-refractivity contribution in [1.29, 1.82) is 0 Å². The van der Waals surface area contributed by atoms with Gasteiger partial charge in [0, 0.05) is 62.0 Å². The van der Waals surface area contributed by atoms with E-state index in [4.69, 9.17) is 4.74 Å². The summed E-state index contributed by atoms with van der Waals surface area (Å²) in [5, 5.41) is 5.88. The summed E-state index contributed by atoms with van der Waals surface area (Å²) in [6.45, 7) is 6.52. The molecular formula is C37H47F2N7O4S. The third kappa shape index (κ3) is 8.03. The number of hydrogen-bond donors (Lipinski definition) is 3. The van der Waals surface area contributed by atoms with E-state index in [1.807, 2.05) is 17.8 Å². The van der Waals surface area contributed by atoms with E-state index in [1.54, 1.807) is 6.07 Å². The molecule has 1 aromatic heterocycles. The lowest BCUT2D eigenvalue weighted by Gasteiger charge is -2.52. The first-order valence-electron chi connectivity index (χ1n) is 18.6. The van der Waals surface area contributed by atoms with Crippen LogP contribution in [0.3, 0.4) is 0 Å². The number of H-pyrrole nitrogens is 1. The first-order valence-corrected chi connectivity index (χ1v) is 19.7. The van der Waals surface area contributed by atoms with Gasteiger partial charge in [0.15, 0.2) is 0 Å². The summed E-state index contributed by atoms with van der Waals surface area (Å²) in [5.74, 6) is 0.332. The lowest BCUT2D eigenvalue weighted by molar-refractivity contribution is -0.133. The number of rotatable bonds is 11. The summed E-state index contributed by atoms with van der Waals surface area (Å²) in [6.07, 6.45) is 8.70. The molecule has 8 rings (SSSR count). The van der Waals surface area contributed by atoms with Gasteiger partial charge < -0.3 is 19.9 Å². The van der Waals surface area contributed by atoms with E-state index >= 15 is 4.39 Å². The summed E-state index contributed by atoms with van der Waals surface area (Å²) in [4.78, 5) is 51.0. The second-order valence-electron chi connectivity index (χ2n) is 15.1. The maximum atomic E-state index is 15.2. The molecule has 5 heterocycles. The number of nitrogens with zero attached hydrogens (tertiary/aromatic N) is 4. The third-order valence-electron chi connectivity index (χ3n) is 11.4. The van der Waals surface area contributed by atoms with Gasteiger partial charge in [-0.05, 0) is 88.2 Å². The average Bonchev–Trinajstić information content (AvgIpc) is 3.93. The fourth-order valence-corrected chi connectivity index (χ4v) is 9.23. The molecule has 14 heteroatoms. The lowest BCUT2D eigenvalue weighted by atomic mass is 9.95. The smallest absolute Gasteiger partial charge is 0.261 e. The minimum Gasteiger partial charge on any atom is -0.374 e. The molecule has 1 saturated carbocycles. The van der Waals surface area contributed by atoms with E-state index in [2.05, 4.69) is 35.3 Å². The number of anilines is 2. The molecule has 2 aromatic rings. The van der Waals surface area contributed by atoms with Crippen LogP contribution in [0.5, 0.6) is 0 Å². The number of benzene rings is 1. The van der Waals surface area contributed by atoms with Crippen molar-refractivity contribution >= 4 is 40.8 Å². The molecule has 4 saturated heterocycles. The minimum atomic E-state index is -0.539. The fourth-order valence-electron chi connectivity index (χ4n) is 8.16. The summed E-state index contributed by atoms with van der Waals surface area (Å²) < 4.78 is 35.8. The molecule has 0 radical (unpaired) electrons. The second-order valence-corrected chi connectivity index (χ2v) is 16.3. The first kappa shape index (κ1) is 34.7. The number of halogens is 2. The Labute approximate surface area is 300 Å². The van der Waals surface area contributed by atoms with Gasteiger partial charge in [-0.3, -0.25) is 29.5 Å². The highest BCUT2D eigenvalue weighted by Gasteiger charge is 2.39. The number of likely N-dealkylation sites (tertiary alicyclic amines) is 2. The highest BCUT2D eigenvalue weighted by molar-refractivity contribution is 7.99. The molecule has 1 aromatic carbocycles. The zero-order chi connectivity index (χ0) is 35.1. The van der Waals surface area contributed by atoms with Gasteiger partial charge in [0.25, 0.3) is 5.56 Å². The molecule has 51 heavy (non-hydrogen) atoms. The van der Waals surface area contributed by atoms with Crippen LogP contribution in [-0.2, 0) is 26.5 Å². The highest BCUT2D eigenvalue weighted by atomic mass is 32.2. The Morgan fingerprint density at radius 1 is 0.941 bits per heavy atom. The van der Waals surface area contributed by atoms with Crippen LogP contribution in [0.2, 0.25) is 0 Å². The van der Waals surface area contributed by atoms with Gasteiger partial charge >= 0.3 is 0 Å². The summed E-state index contributed by atoms with van der Waals surface area (Å²) >= 11 is 1.83. The van der Waals surface area contributed by atoms with Crippen LogP contribution in [0.15, 0.2) is 29.1 Å². The van der Waals surface area contributed by atoms with Gasteiger partial charge in [0.05, 0.1) is 35.4 Å². The largest absolute Gasteiger partial charge is 0.374 e. The number of amides is 2. The zero-order valence-electron chi connectivity index (χ0n) is 28.9. The van der Waals surface area contributed by atoms with Gasteiger partial charge in [-0.25, -0.2) is 13.8 Å². The van der Waals surface area contributed by atoms with Crippen LogP contribution < -0.4 is 21.1 Å². The van der Waals surface area contributed by atoms with Crippen molar-refractivity contribution in [3.05, 3.63) is 57.5 Å². The predicted octanol–water partition coefficient (Wildman–Crippen LogP) is 3.84. The molecular weight excluding hydrogens is 677 g/mol. The number of imide groups is 1. The number of fused-ring (bicyclic) bond motifs is 1. The van der Waals surface area contributed by atoms with Crippen LogP contribution >= 0.6 is 11.8 Å². The van der Waals surface area contributed by atoms with Crippen molar-refractivity contribution < 1.29 is 23.1 Å². The van der Waals surface area contributed by atoms with Crippen LogP contribution in [-0.4, -0.2) is 107 Å². The number of piperidine rings is 3. The summed E-state index contributed by atoms with van der Waals surface area (Å²) in [5.41, 5.74) is 1.29. The van der Waals surface area contributed by atoms with Crippen LogP contribution in [0.25, 0.3) is 5.83 Å². The molecule has 2 unspecified atom stereocenters. The molecule has 2 aliphatic carbocycles. The molecule has 2 atom stereocenters. The Hall–Kier alpha value is -3.33. The number of thioether (sulfide) groups is 1. The Morgan fingerprint density at radius 2 is 1.73 bits per heavy atom. The maximum Gasteiger partial charge on any atom is 0.261 e. The number of aromatic nitrogens is 2. The van der Waals surface area contributed by atoms with Crippen molar-refractivity contribution in [2.75, 3.05) is 56.1 Å². The number of aromatic amines is 1. The normalized spacial score (nSPS) is 25.7. The van der Waals surface area contributed by atoms with Gasteiger partial charge in [-0.15, -0.1) is 0 Å². The fraction of sp³-hybridized carbons (Fsp3) is 0.622. The van der Waals surface area contributed by atoms with E-state index < -0.39 is 17.4 Å². The van der Waals surface area contributed by atoms with Crippen molar-refractivity contribution in [2.45, 2.75) is 93.0 Å². The summed E-state index contributed by atoms with van der Waals surface area (Å²) in [7, 11) is 0. The minimum absolute atomic E-state index is 0.0604. The second kappa shape index (κ2) is 15.0. The first-order chi connectivity index (χ1) is 24.8. The molecule has 0 bridgehead atoms. The standard InChI is InChI=1S/C37H47F2N7O4S/c38-28-15-23(40-30-4-6-34(47)43-36(30)48)3-5-32(28)45-11-7-24(8-12-45)46-18-25(19-46)44-13-9-27(10-14-44)51-21-33-41-31-17-26(50-20-22-1-2-22)16-29(39)35(31)37(49)42-33/h3,5,15-16,22,24-27,30,40H,1-2,4,6-14,17-21H2,(H,41,42,49)(H,43,47,48). The topological polar surface area (TPSA) is 123 Å². The molecule has 11 nitrogen and oxygen atoms in total. The van der Waals surface area contributed by atoms with E-state index in [-0.39, 0.29) is 35.7 Å². The van der Waals surface area contributed by atoms with Crippen molar-refractivity contribution in [3.8, 4) is 0 Å². The van der Waals surface area contributed by atoms with E-state index in [0.29, 0.717) is 71.3 Å². The molecule has 3 N–H and O–H groups in total. The Kier molecular flexibility index (Phi) is 10.2. The van der Waals surface area contributed by atoms with Crippen LogP contribution in [0.4, 0.5) is 20.2 Å². The molecule has 274 valence electrons. The number of carbonyl (C=O) groups excluding carboxylic acids is 2. The SMILES string of the molecule is O=C1CCC(Nc2ccc(N3CCC(N4CC(N5CCC(SCc6nc7c(c(=O)[nH]6)C(F)=CC(OCC6CC6)C7)CC5)C4)CC3)c(F)c2)C(=O)N1. The molecule has 4 aliphatic heterocycles. The third-order valence-corrected chi connectivity index (χ3v) is 12.8. The van der Waals surface area contributed by atoms with Gasteiger partial charge in [0.2, 0.25) is 11.8 Å².